The Morgan fingerprint density at radius 3 is 2.45 bits per heavy atom. The lowest BCUT2D eigenvalue weighted by Gasteiger charge is -2.31. The number of carbonyl (C=O) groups is 2. The monoisotopic (exact) mass is 393 g/mol. The van der Waals surface area contributed by atoms with Crippen molar-refractivity contribution >= 4 is 17.6 Å². The first-order chi connectivity index (χ1) is 14.0. The summed E-state index contributed by atoms with van der Waals surface area (Å²) in [4.78, 5) is 37.8. The molecule has 1 N–H and O–H groups in total. The summed E-state index contributed by atoms with van der Waals surface area (Å²) in [6.45, 7) is 2.10. The highest BCUT2D eigenvalue weighted by molar-refractivity contribution is 5.94. The number of carbonyl (C=O) groups excluding carboxylic acids is 2. The normalized spacial score (nSPS) is 20.2. The average Bonchev–Trinajstić information content (AvgIpc) is 3.12. The Morgan fingerprint density at radius 2 is 1.83 bits per heavy atom. The molecule has 2 amide bonds. The number of anilines is 1. The van der Waals surface area contributed by atoms with Gasteiger partial charge in [-0.25, -0.2) is 9.97 Å². The molecule has 3 heterocycles. The summed E-state index contributed by atoms with van der Waals surface area (Å²) in [5.41, 5.74) is 1.66. The summed E-state index contributed by atoms with van der Waals surface area (Å²) in [6.07, 6.45) is 2.18. The molecule has 7 nitrogen and oxygen atoms in total. The van der Waals surface area contributed by atoms with Crippen LogP contribution in [0.1, 0.15) is 53.0 Å². The Kier molecular flexibility index (Phi) is 5.47. The zero-order chi connectivity index (χ0) is 20.4. The van der Waals surface area contributed by atoms with Gasteiger partial charge in [0.2, 0.25) is 5.91 Å². The molecule has 4 rings (SSSR count). The molecule has 29 heavy (non-hydrogen) atoms. The maximum absolute atomic E-state index is 12.7. The summed E-state index contributed by atoms with van der Waals surface area (Å²) >= 11 is 0. The molecule has 0 saturated carbocycles. The second kappa shape index (κ2) is 8.19. The van der Waals surface area contributed by atoms with Crippen LogP contribution in [0.5, 0.6) is 0 Å². The molecule has 2 aliphatic heterocycles. The summed E-state index contributed by atoms with van der Waals surface area (Å²) in [7, 11) is 3.69. The number of benzene rings is 1. The van der Waals surface area contributed by atoms with Crippen LogP contribution in [0.25, 0.3) is 0 Å². The molecule has 0 spiro atoms. The number of nitrogens with zero attached hydrogens (tertiary/aromatic N) is 4. The topological polar surface area (TPSA) is 78.4 Å². The van der Waals surface area contributed by atoms with E-state index in [4.69, 9.17) is 4.98 Å². The predicted octanol–water partition coefficient (Wildman–Crippen LogP) is 2.48. The smallest absolute Gasteiger partial charge is 0.253 e. The van der Waals surface area contributed by atoms with Gasteiger partial charge in [0.05, 0.1) is 5.69 Å². The van der Waals surface area contributed by atoms with Crippen LogP contribution in [-0.2, 0) is 4.79 Å². The van der Waals surface area contributed by atoms with Gasteiger partial charge in [-0.2, -0.15) is 0 Å². The summed E-state index contributed by atoms with van der Waals surface area (Å²) < 4.78 is 0. The van der Waals surface area contributed by atoms with Crippen LogP contribution in [0, 0.1) is 0 Å². The number of likely N-dealkylation sites (tertiary alicyclic amines) is 2. The van der Waals surface area contributed by atoms with Crippen LogP contribution in [0.2, 0.25) is 0 Å². The third-order valence-electron chi connectivity index (χ3n) is 5.95. The lowest BCUT2D eigenvalue weighted by atomic mass is 9.94. The van der Waals surface area contributed by atoms with E-state index in [1.165, 1.54) is 0 Å². The van der Waals surface area contributed by atoms with Crippen LogP contribution in [0.15, 0.2) is 36.4 Å². The maximum Gasteiger partial charge on any atom is 0.253 e. The average molecular weight is 393 g/mol. The van der Waals surface area contributed by atoms with Gasteiger partial charge < -0.3 is 15.1 Å². The van der Waals surface area contributed by atoms with Gasteiger partial charge >= 0.3 is 0 Å². The van der Waals surface area contributed by atoms with Crippen LogP contribution < -0.4 is 5.32 Å². The summed E-state index contributed by atoms with van der Waals surface area (Å²) in [6, 6.07) is 11.4. The number of amides is 2. The van der Waals surface area contributed by atoms with E-state index in [-0.39, 0.29) is 23.7 Å². The van der Waals surface area contributed by atoms with E-state index in [2.05, 4.69) is 10.3 Å². The van der Waals surface area contributed by atoms with E-state index < -0.39 is 0 Å². The van der Waals surface area contributed by atoms with E-state index >= 15 is 0 Å². The Hall–Kier alpha value is -2.96. The van der Waals surface area contributed by atoms with Gasteiger partial charge in [0.1, 0.15) is 11.6 Å². The third-order valence-corrected chi connectivity index (χ3v) is 5.95. The van der Waals surface area contributed by atoms with E-state index in [0.717, 1.165) is 35.7 Å². The number of aromatic nitrogens is 2. The number of hydrogen-bond donors (Lipinski definition) is 1. The van der Waals surface area contributed by atoms with E-state index in [0.29, 0.717) is 26.1 Å². The van der Waals surface area contributed by atoms with Crippen LogP contribution in [0.4, 0.5) is 5.82 Å². The number of likely N-dealkylation sites (N-methyl/N-ethyl adjacent to an activating group) is 1. The van der Waals surface area contributed by atoms with Gasteiger partial charge in [-0.05, 0) is 25.0 Å². The van der Waals surface area contributed by atoms with Gasteiger partial charge in [-0.3, -0.25) is 9.59 Å². The van der Waals surface area contributed by atoms with Crippen LogP contribution in [0.3, 0.4) is 0 Å². The molecule has 2 saturated heterocycles. The molecule has 1 aromatic heterocycles. The Morgan fingerprint density at radius 1 is 1.10 bits per heavy atom. The van der Waals surface area contributed by atoms with Crippen molar-refractivity contribution in [2.75, 3.05) is 39.0 Å². The zero-order valence-corrected chi connectivity index (χ0v) is 17.0. The molecule has 152 valence electrons. The van der Waals surface area contributed by atoms with Crippen LogP contribution >= 0.6 is 0 Å². The highest BCUT2D eigenvalue weighted by Gasteiger charge is 2.31. The molecular formula is C22H27N5O2. The Bertz CT molecular complexity index is 893. The van der Waals surface area contributed by atoms with Gasteiger partial charge in [0.25, 0.3) is 5.91 Å². The Labute approximate surface area is 171 Å². The van der Waals surface area contributed by atoms with Gasteiger partial charge in [-0.1, -0.05) is 18.2 Å². The lowest BCUT2D eigenvalue weighted by Crippen LogP contribution is -2.38. The van der Waals surface area contributed by atoms with Crippen LogP contribution in [-0.4, -0.2) is 65.3 Å². The first-order valence-corrected chi connectivity index (χ1v) is 10.2. The number of nitrogens with one attached hydrogen (secondary N) is 1. The second-order valence-electron chi connectivity index (χ2n) is 7.89. The minimum atomic E-state index is 0.0853. The first-order valence-electron chi connectivity index (χ1n) is 10.2. The van der Waals surface area contributed by atoms with Gasteiger partial charge in [0.15, 0.2) is 0 Å². The quantitative estimate of drug-likeness (QED) is 0.863. The molecule has 7 heteroatoms. The molecule has 2 aromatic rings. The molecule has 2 fully saturated rings. The maximum atomic E-state index is 12.7. The highest BCUT2D eigenvalue weighted by atomic mass is 16.2. The van der Waals surface area contributed by atoms with Crippen molar-refractivity contribution in [2.45, 2.75) is 31.1 Å². The first kappa shape index (κ1) is 19.4. The number of rotatable bonds is 4. The highest BCUT2D eigenvalue weighted by Crippen LogP contribution is 2.31. The van der Waals surface area contributed by atoms with Crippen molar-refractivity contribution in [3.05, 3.63) is 53.5 Å². The van der Waals surface area contributed by atoms with Crippen molar-refractivity contribution in [1.29, 1.82) is 0 Å². The SMILES string of the molecule is CNc1cc([C@H]2CC(=O)N(C)C2)nc(C2CCN(C(=O)c3ccccc3)CC2)n1. The predicted molar refractivity (Wildman–Crippen MR) is 111 cm³/mol. The molecule has 2 aliphatic rings. The van der Waals surface area contributed by atoms with Crippen molar-refractivity contribution in [2.24, 2.45) is 0 Å². The van der Waals surface area contributed by atoms with Crippen molar-refractivity contribution in [3.8, 4) is 0 Å². The molecule has 0 aliphatic carbocycles. The fraction of sp³-hybridized carbons (Fsp3) is 0.455. The summed E-state index contributed by atoms with van der Waals surface area (Å²) in [5.74, 6) is 2.18. The fourth-order valence-electron chi connectivity index (χ4n) is 4.17. The minimum Gasteiger partial charge on any atom is -0.373 e. The minimum absolute atomic E-state index is 0.0853. The molecule has 0 radical (unpaired) electrons. The van der Waals surface area contributed by atoms with Crippen molar-refractivity contribution < 1.29 is 9.59 Å². The lowest BCUT2D eigenvalue weighted by molar-refractivity contribution is -0.126. The van der Waals surface area contributed by atoms with Gasteiger partial charge in [0, 0.05) is 63.6 Å². The summed E-state index contributed by atoms with van der Waals surface area (Å²) in [5, 5.41) is 3.13. The fourth-order valence-corrected chi connectivity index (χ4v) is 4.17. The van der Waals surface area contributed by atoms with E-state index in [1.807, 2.05) is 55.4 Å². The molecular weight excluding hydrogens is 366 g/mol. The van der Waals surface area contributed by atoms with Gasteiger partial charge in [-0.15, -0.1) is 0 Å². The molecule has 1 aromatic carbocycles. The third kappa shape index (κ3) is 4.09. The zero-order valence-electron chi connectivity index (χ0n) is 17.0. The Balaban J connectivity index is 1.47. The molecule has 0 bridgehead atoms. The number of hydrogen-bond acceptors (Lipinski definition) is 5. The largest absolute Gasteiger partial charge is 0.373 e. The van der Waals surface area contributed by atoms with Crippen molar-refractivity contribution in [1.82, 2.24) is 19.8 Å². The molecule has 1 atom stereocenters. The second-order valence-corrected chi connectivity index (χ2v) is 7.89. The van der Waals surface area contributed by atoms with E-state index in [1.54, 1.807) is 4.90 Å². The number of piperidine rings is 1. The van der Waals surface area contributed by atoms with Crippen molar-refractivity contribution in [3.63, 3.8) is 0 Å². The standard InChI is InChI=1S/C22H27N5O2/c1-23-19-13-18(17-12-20(28)26(2)14-17)24-21(25-19)15-8-10-27(11-9-15)22(29)16-6-4-3-5-7-16/h3-7,13,15,17H,8-12,14H2,1-2H3,(H,23,24,25)/t17-/m0/s1. The van der Waals surface area contributed by atoms with E-state index in [9.17, 15) is 9.59 Å². The molecule has 0 unspecified atom stereocenters.